The van der Waals surface area contributed by atoms with E-state index in [0.29, 0.717) is 128 Å². The number of para-hydroxylation sites is 9. The molecule has 464 valence electrons. The zero-order valence-electron chi connectivity index (χ0n) is 49.5. The van der Waals surface area contributed by atoms with Gasteiger partial charge in [0.05, 0.1) is 39.6 Å². The van der Waals surface area contributed by atoms with Gasteiger partial charge < -0.3 is 99.5 Å². The van der Waals surface area contributed by atoms with Gasteiger partial charge in [-0.2, -0.15) is 0 Å². The molecule has 0 atom stereocenters. The van der Waals surface area contributed by atoms with E-state index in [-0.39, 0.29) is 80.4 Å². The van der Waals surface area contributed by atoms with Crippen molar-refractivity contribution in [3.8, 4) is 69.0 Å². The van der Waals surface area contributed by atoms with Crippen LogP contribution in [-0.2, 0) is 62.5 Å². The molecule has 0 saturated carbocycles. The largest absolute Gasteiger partial charge is 0.488 e. The van der Waals surface area contributed by atoms with E-state index in [9.17, 15) is 0 Å². The molecular formula is C63H81NO21. The van der Waals surface area contributed by atoms with Gasteiger partial charge in [0.25, 0.3) is 0 Å². The highest BCUT2D eigenvalue weighted by Gasteiger charge is 2.17. The van der Waals surface area contributed by atoms with Gasteiger partial charge in [0.1, 0.15) is 39.6 Å². The minimum absolute atomic E-state index is 0.0442. The Labute approximate surface area is 498 Å². The molecule has 0 aromatic heterocycles. The van der Waals surface area contributed by atoms with E-state index in [1.54, 1.807) is 60.9 Å². The van der Waals surface area contributed by atoms with Crippen molar-refractivity contribution >= 4 is 0 Å². The van der Waals surface area contributed by atoms with Crippen molar-refractivity contribution in [2.75, 3.05) is 163 Å². The van der Waals surface area contributed by atoms with Crippen molar-refractivity contribution in [1.29, 1.82) is 0 Å². The van der Waals surface area contributed by atoms with Gasteiger partial charge in [0.2, 0.25) is 0 Å². The second kappa shape index (κ2) is 40.7. The molecule has 0 heterocycles. The third-order valence-electron chi connectivity index (χ3n) is 11.9. The molecule has 0 radical (unpaired) electrons. The van der Waals surface area contributed by atoms with E-state index < -0.39 is 0 Å². The van der Waals surface area contributed by atoms with Crippen LogP contribution in [0.4, 0.5) is 0 Å². The first-order valence-corrected chi connectivity index (χ1v) is 27.6. The lowest BCUT2D eigenvalue weighted by molar-refractivity contribution is 0.0292. The molecule has 0 N–H and O–H groups in total. The highest BCUT2D eigenvalue weighted by molar-refractivity contribution is 5.48. The minimum atomic E-state index is 0.0442. The molecule has 0 fully saturated rings. The maximum Gasteiger partial charge on any atom is 0.188 e. The molecule has 0 aliphatic heterocycles. The van der Waals surface area contributed by atoms with Gasteiger partial charge in [-0.1, -0.05) is 72.8 Å². The monoisotopic (exact) mass is 1190 g/mol. The van der Waals surface area contributed by atoms with Crippen molar-refractivity contribution in [3.05, 3.63) is 144 Å². The maximum atomic E-state index is 6.38. The van der Waals surface area contributed by atoms with Crippen LogP contribution in [0, 0.1) is 0 Å². The molecular weight excluding hydrogens is 1110 g/mol. The Bertz CT molecular complexity index is 2460. The number of hydrogen-bond acceptors (Lipinski definition) is 22. The third kappa shape index (κ3) is 23.8. The number of nitrogens with zero attached hydrogens (tertiary/aromatic N) is 1. The molecule has 22 nitrogen and oxygen atoms in total. The average Bonchev–Trinajstić information content (AvgIpc) is 3.66. The van der Waals surface area contributed by atoms with Gasteiger partial charge in [-0.05, 0) is 54.6 Å². The fourth-order valence-corrected chi connectivity index (χ4v) is 8.01. The van der Waals surface area contributed by atoms with E-state index in [4.69, 9.17) is 99.5 Å². The third-order valence-corrected chi connectivity index (χ3v) is 11.9. The molecule has 6 aromatic rings. The van der Waals surface area contributed by atoms with E-state index in [1.807, 2.05) is 109 Å². The Morgan fingerprint density at radius 2 is 0.471 bits per heavy atom. The zero-order chi connectivity index (χ0) is 59.8. The highest BCUT2D eigenvalue weighted by atomic mass is 16.7. The summed E-state index contributed by atoms with van der Waals surface area (Å²) >= 11 is 0. The Kier molecular flexibility index (Phi) is 31.9. The van der Waals surface area contributed by atoms with Crippen molar-refractivity contribution in [3.63, 3.8) is 0 Å². The Hall–Kier alpha value is -7.48. The van der Waals surface area contributed by atoms with Gasteiger partial charge in [-0.15, -0.1) is 0 Å². The normalized spacial score (nSPS) is 11.0. The van der Waals surface area contributed by atoms with Crippen molar-refractivity contribution in [1.82, 2.24) is 4.90 Å². The molecule has 0 saturated heterocycles. The highest BCUT2D eigenvalue weighted by Crippen LogP contribution is 2.35. The molecule has 0 unspecified atom stereocenters. The van der Waals surface area contributed by atoms with Crippen LogP contribution in [0.15, 0.2) is 127 Å². The summed E-state index contributed by atoms with van der Waals surface area (Å²) in [5.74, 6) is 6.63. The summed E-state index contributed by atoms with van der Waals surface area (Å²) in [5, 5.41) is 0. The van der Waals surface area contributed by atoms with Crippen LogP contribution >= 0.6 is 0 Å². The quantitative estimate of drug-likeness (QED) is 0.0259. The SMILES string of the molecule is COCOc1cccc(COCCOc2ccccc2OCCN(CCOc2ccccc2OCCOCc2cccc(OCOC)c2OCOC)CCOc2ccccc2OCCOCc2cccc(OCOC)c2OCOC)c1OCOC. The summed E-state index contributed by atoms with van der Waals surface area (Å²) in [6.07, 6.45) is 0. The van der Waals surface area contributed by atoms with Gasteiger partial charge >= 0.3 is 0 Å². The van der Waals surface area contributed by atoms with Gasteiger partial charge in [0.15, 0.2) is 110 Å². The summed E-state index contributed by atoms with van der Waals surface area (Å²) < 4.78 is 121. The lowest BCUT2D eigenvalue weighted by atomic mass is 10.2. The number of hydrogen-bond donors (Lipinski definition) is 0. The molecule has 0 spiro atoms. The average molecular weight is 1190 g/mol. The van der Waals surface area contributed by atoms with Crippen LogP contribution < -0.4 is 56.8 Å². The second-order valence-electron chi connectivity index (χ2n) is 18.0. The lowest BCUT2D eigenvalue weighted by Gasteiger charge is -2.23. The summed E-state index contributed by atoms with van der Waals surface area (Å²) in [4.78, 5) is 2.20. The summed E-state index contributed by atoms with van der Waals surface area (Å²) in [7, 11) is 9.31. The van der Waals surface area contributed by atoms with Gasteiger partial charge in [-0.25, -0.2) is 0 Å². The fourth-order valence-electron chi connectivity index (χ4n) is 8.01. The van der Waals surface area contributed by atoms with Crippen LogP contribution in [0.1, 0.15) is 16.7 Å². The van der Waals surface area contributed by atoms with E-state index in [2.05, 4.69) is 4.90 Å². The van der Waals surface area contributed by atoms with Gasteiger partial charge in [-0.3, -0.25) is 4.90 Å². The van der Waals surface area contributed by atoms with Crippen LogP contribution in [0.5, 0.6) is 69.0 Å². The van der Waals surface area contributed by atoms with Crippen LogP contribution in [0.3, 0.4) is 0 Å². The van der Waals surface area contributed by atoms with Crippen molar-refractivity contribution in [2.45, 2.75) is 19.8 Å². The molecule has 0 aliphatic rings. The second-order valence-corrected chi connectivity index (χ2v) is 18.0. The molecule has 6 aromatic carbocycles. The fraction of sp³-hybridized carbons (Fsp3) is 0.429. The summed E-state index contributed by atoms with van der Waals surface area (Å²) in [6.45, 7) is 5.32. The van der Waals surface area contributed by atoms with E-state index in [0.717, 1.165) is 16.7 Å². The molecule has 85 heavy (non-hydrogen) atoms. The Morgan fingerprint density at radius 3 is 0.729 bits per heavy atom. The standard InChI is InChI=1S/C63H81NO21/c1-65-43-80-58-25-13-16-49(61(58)83-46-68-4)40-71-34-37-77-55-22-10-7-19-52(55)74-31-28-64(29-32-75-53-20-8-11-23-56(53)78-38-35-72-41-50-17-14-26-59(81-44-66-2)62(50)84-47-69-5)30-33-76-54-21-9-12-24-57(54)79-39-36-73-42-51-18-15-27-60(82-45-67-3)63(51)85-48-70-6/h7-27H,28-48H2,1-6H3. The zero-order valence-corrected chi connectivity index (χ0v) is 49.5. The van der Waals surface area contributed by atoms with Crippen LogP contribution in [0.25, 0.3) is 0 Å². The topological polar surface area (TPSA) is 197 Å². The predicted molar refractivity (Wildman–Crippen MR) is 312 cm³/mol. The number of ether oxygens (including phenoxy) is 21. The molecule has 0 bridgehead atoms. The molecule has 0 aliphatic carbocycles. The minimum Gasteiger partial charge on any atom is -0.488 e. The van der Waals surface area contributed by atoms with Crippen molar-refractivity contribution < 1.29 is 99.5 Å². The van der Waals surface area contributed by atoms with E-state index >= 15 is 0 Å². The number of methoxy groups -OCH3 is 6. The first kappa shape index (κ1) is 66.7. The Balaban J connectivity index is 1.03. The molecule has 22 heteroatoms. The Morgan fingerprint density at radius 1 is 0.235 bits per heavy atom. The maximum absolute atomic E-state index is 6.38. The molecule has 0 amide bonds. The smallest absolute Gasteiger partial charge is 0.188 e. The van der Waals surface area contributed by atoms with Gasteiger partial charge in [0, 0.05) is 79.0 Å². The predicted octanol–water partition coefficient (Wildman–Crippen LogP) is 9.21. The summed E-state index contributed by atoms with van der Waals surface area (Å²) in [6, 6.07) is 39.3. The number of rotatable bonds is 48. The van der Waals surface area contributed by atoms with Crippen LogP contribution in [0.2, 0.25) is 0 Å². The first-order chi connectivity index (χ1) is 42.0. The first-order valence-electron chi connectivity index (χ1n) is 27.6. The van der Waals surface area contributed by atoms with Crippen molar-refractivity contribution in [2.24, 2.45) is 0 Å². The van der Waals surface area contributed by atoms with Crippen LogP contribution in [-0.4, -0.2) is 167 Å². The summed E-state index contributed by atoms with van der Waals surface area (Å²) in [5.41, 5.74) is 2.36. The van der Waals surface area contributed by atoms with E-state index in [1.165, 1.54) is 0 Å². The number of benzene rings is 6. The lowest BCUT2D eigenvalue weighted by Crippen LogP contribution is -2.35. The molecule has 6 rings (SSSR count).